The zero-order valence-electron chi connectivity index (χ0n) is 21.6. The molecule has 0 aliphatic carbocycles. The van der Waals surface area contributed by atoms with E-state index in [2.05, 4.69) is 27.8 Å². The van der Waals surface area contributed by atoms with Gasteiger partial charge in [-0.3, -0.25) is 4.79 Å². The summed E-state index contributed by atoms with van der Waals surface area (Å²) < 4.78 is 21.4. The number of amides is 1. The molecule has 0 radical (unpaired) electrons. The third-order valence-corrected chi connectivity index (χ3v) is 7.01. The number of hydrogen-bond acceptors (Lipinski definition) is 5. The maximum atomic E-state index is 13.7. The molecule has 0 saturated carbocycles. The van der Waals surface area contributed by atoms with Crippen LogP contribution in [-0.2, 0) is 0 Å². The van der Waals surface area contributed by atoms with Crippen molar-refractivity contribution in [3.63, 3.8) is 0 Å². The van der Waals surface area contributed by atoms with Crippen LogP contribution in [0.2, 0.25) is 0 Å². The Bertz CT molecular complexity index is 1610. The number of halogens is 1. The molecule has 39 heavy (non-hydrogen) atoms. The summed E-state index contributed by atoms with van der Waals surface area (Å²) in [6.07, 6.45) is 3.71. The van der Waals surface area contributed by atoms with Gasteiger partial charge in [-0.25, -0.2) is 14.4 Å². The monoisotopic (exact) mass is 521 g/mol. The Hall–Kier alpha value is -4.72. The molecule has 1 aliphatic rings. The summed E-state index contributed by atoms with van der Waals surface area (Å²) in [6.45, 7) is 4.82. The Balaban J connectivity index is 1.36. The largest absolute Gasteiger partial charge is 0.494 e. The Morgan fingerprint density at radius 2 is 1.69 bits per heavy atom. The van der Waals surface area contributed by atoms with Crippen LogP contribution in [0.4, 0.5) is 10.2 Å². The molecule has 1 amide bonds. The number of benzene rings is 3. The lowest BCUT2D eigenvalue weighted by molar-refractivity contribution is 0.0746. The number of carbonyl (C=O) groups excluding carboxylic acids is 1. The van der Waals surface area contributed by atoms with Gasteiger partial charge in [0.15, 0.2) is 5.65 Å². The van der Waals surface area contributed by atoms with Crippen molar-refractivity contribution in [3.05, 3.63) is 103 Å². The average molecular weight is 522 g/mol. The van der Waals surface area contributed by atoms with Gasteiger partial charge in [-0.2, -0.15) is 0 Å². The van der Waals surface area contributed by atoms with E-state index >= 15 is 0 Å². The van der Waals surface area contributed by atoms with Crippen LogP contribution in [0.3, 0.4) is 0 Å². The van der Waals surface area contributed by atoms with Gasteiger partial charge < -0.3 is 19.1 Å². The molecule has 8 heteroatoms. The molecular weight excluding hydrogens is 493 g/mol. The third-order valence-electron chi connectivity index (χ3n) is 7.01. The first-order valence-electron chi connectivity index (χ1n) is 13.1. The number of rotatable bonds is 6. The fourth-order valence-corrected chi connectivity index (χ4v) is 5.11. The molecule has 3 heterocycles. The van der Waals surface area contributed by atoms with Crippen molar-refractivity contribution in [1.29, 1.82) is 0 Å². The van der Waals surface area contributed by atoms with Crippen molar-refractivity contribution in [2.45, 2.75) is 6.92 Å². The number of aromatic nitrogens is 3. The molecule has 5 aromatic rings. The van der Waals surface area contributed by atoms with Crippen LogP contribution in [-0.4, -0.2) is 58.1 Å². The van der Waals surface area contributed by atoms with Gasteiger partial charge in [0.25, 0.3) is 5.91 Å². The van der Waals surface area contributed by atoms with Crippen LogP contribution < -0.4 is 9.64 Å². The van der Waals surface area contributed by atoms with Crippen molar-refractivity contribution in [2.75, 3.05) is 37.7 Å². The van der Waals surface area contributed by atoms with Crippen LogP contribution >= 0.6 is 0 Å². The molecule has 1 fully saturated rings. The first-order valence-corrected chi connectivity index (χ1v) is 13.1. The molecule has 1 aliphatic heterocycles. The Kier molecular flexibility index (Phi) is 6.67. The van der Waals surface area contributed by atoms with Gasteiger partial charge in [-0.1, -0.05) is 36.4 Å². The predicted octanol–water partition coefficient (Wildman–Crippen LogP) is 5.59. The molecule has 2 aromatic heterocycles. The predicted molar refractivity (Wildman–Crippen MR) is 150 cm³/mol. The van der Waals surface area contributed by atoms with Crippen LogP contribution in [0.25, 0.3) is 27.8 Å². The van der Waals surface area contributed by atoms with Crippen molar-refractivity contribution < 1.29 is 13.9 Å². The molecule has 0 atom stereocenters. The fraction of sp³-hybridized carbons (Fsp3) is 0.194. The summed E-state index contributed by atoms with van der Waals surface area (Å²) in [5.74, 6) is 1.09. The molecule has 0 unspecified atom stereocenters. The summed E-state index contributed by atoms with van der Waals surface area (Å²) in [5.41, 5.74) is 4.25. The van der Waals surface area contributed by atoms with E-state index in [0.717, 1.165) is 39.4 Å². The van der Waals surface area contributed by atoms with E-state index in [1.54, 1.807) is 23.4 Å². The minimum absolute atomic E-state index is 0.159. The molecular formula is C31H28FN5O2. The van der Waals surface area contributed by atoms with E-state index < -0.39 is 5.82 Å². The quantitative estimate of drug-likeness (QED) is 0.292. The first kappa shape index (κ1) is 24.6. The Labute approximate surface area is 226 Å². The third kappa shape index (κ3) is 4.81. The van der Waals surface area contributed by atoms with E-state index in [4.69, 9.17) is 14.7 Å². The highest BCUT2D eigenvalue weighted by atomic mass is 19.1. The van der Waals surface area contributed by atoms with Crippen LogP contribution in [0.15, 0.2) is 91.4 Å². The summed E-state index contributed by atoms with van der Waals surface area (Å²) >= 11 is 0. The molecule has 0 spiro atoms. The van der Waals surface area contributed by atoms with Crippen LogP contribution in [0, 0.1) is 5.82 Å². The second-order valence-corrected chi connectivity index (χ2v) is 9.39. The summed E-state index contributed by atoms with van der Waals surface area (Å²) in [7, 11) is 0. The van der Waals surface area contributed by atoms with Gasteiger partial charge in [0.2, 0.25) is 0 Å². The zero-order valence-corrected chi connectivity index (χ0v) is 21.6. The molecule has 3 aromatic carbocycles. The lowest BCUT2D eigenvalue weighted by Gasteiger charge is -2.35. The molecule has 6 rings (SSSR count). The number of anilines is 1. The smallest absolute Gasteiger partial charge is 0.254 e. The highest BCUT2D eigenvalue weighted by Gasteiger charge is 2.26. The second kappa shape index (κ2) is 10.6. The summed E-state index contributed by atoms with van der Waals surface area (Å²) in [5, 5.41) is 0.961. The molecule has 1 saturated heterocycles. The van der Waals surface area contributed by atoms with Gasteiger partial charge in [-0.05, 0) is 55.0 Å². The maximum absolute atomic E-state index is 13.7. The lowest BCUT2D eigenvalue weighted by atomic mass is 10.1. The SMILES string of the molecule is CCOc1ccc(-n2cc(-c3ccccc3)c3c(N4CCN(C(=O)c5cccc(F)c5)CC4)ncnc32)cc1. The van der Waals surface area contributed by atoms with Crippen molar-refractivity contribution >= 4 is 22.8 Å². The Morgan fingerprint density at radius 3 is 2.41 bits per heavy atom. The molecule has 0 N–H and O–H groups in total. The van der Waals surface area contributed by atoms with Gasteiger partial charge in [0.05, 0.1) is 12.0 Å². The number of nitrogens with zero attached hydrogens (tertiary/aromatic N) is 5. The Morgan fingerprint density at radius 1 is 0.923 bits per heavy atom. The van der Waals surface area contributed by atoms with E-state index in [1.807, 2.05) is 49.4 Å². The van der Waals surface area contributed by atoms with Gasteiger partial charge >= 0.3 is 0 Å². The van der Waals surface area contributed by atoms with E-state index in [9.17, 15) is 9.18 Å². The summed E-state index contributed by atoms with van der Waals surface area (Å²) in [6, 6.07) is 24.1. The lowest BCUT2D eigenvalue weighted by Crippen LogP contribution is -2.49. The van der Waals surface area contributed by atoms with Crippen LogP contribution in [0.5, 0.6) is 5.75 Å². The minimum Gasteiger partial charge on any atom is -0.494 e. The van der Waals surface area contributed by atoms with E-state index in [0.29, 0.717) is 38.3 Å². The fourth-order valence-electron chi connectivity index (χ4n) is 5.11. The van der Waals surface area contributed by atoms with Crippen LogP contribution in [0.1, 0.15) is 17.3 Å². The molecule has 196 valence electrons. The number of carbonyl (C=O) groups is 1. The number of hydrogen-bond donors (Lipinski definition) is 0. The standard InChI is InChI=1S/C31H28FN5O2/c1-2-39-26-13-11-25(12-14-26)37-20-27(22-7-4-3-5-8-22)28-29(33-21-34-30(28)37)35-15-17-36(18-16-35)31(38)23-9-6-10-24(32)19-23/h3-14,19-21H,2,15-18H2,1H3. The highest BCUT2D eigenvalue weighted by molar-refractivity contribution is 6.02. The second-order valence-electron chi connectivity index (χ2n) is 9.39. The van der Waals surface area contributed by atoms with Gasteiger partial charge in [0, 0.05) is 49.2 Å². The van der Waals surface area contributed by atoms with Gasteiger partial charge in [-0.15, -0.1) is 0 Å². The number of piperazine rings is 1. The summed E-state index contributed by atoms with van der Waals surface area (Å²) in [4.78, 5) is 26.4. The number of ether oxygens (including phenoxy) is 1. The zero-order chi connectivity index (χ0) is 26.8. The number of fused-ring (bicyclic) bond motifs is 1. The maximum Gasteiger partial charge on any atom is 0.254 e. The normalized spacial score (nSPS) is 13.6. The van der Waals surface area contributed by atoms with Crippen molar-refractivity contribution in [3.8, 4) is 22.6 Å². The topological polar surface area (TPSA) is 63.5 Å². The first-order chi connectivity index (χ1) is 19.1. The van der Waals surface area contributed by atoms with E-state index in [1.165, 1.54) is 12.1 Å². The van der Waals surface area contributed by atoms with Crippen molar-refractivity contribution in [2.24, 2.45) is 0 Å². The van der Waals surface area contributed by atoms with Crippen molar-refractivity contribution in [1.82, 2.24) is 19.4 Å². The van der Waals surface area contributed by atoms with E-state index in [-0.39, 0.29) is 5.91 Å². The average Bonchev–Trinajstić information content (AvgIpc) is 3.38. The molecule has 7 nitrogen and oxygen atoms in total. The molecule has 0 bridgehead atoms. The highest BCUT2D eigenvalue weighted by Crippen LogP contribution is 2.37. The minimum atomic E-state index is -0.409. The van der Waals surface area contributed by atoms with Gasteiger partial charge in [0.1, 0.15) is 23.7 Å².